The van der Waals surface area contributed by atoms with Crippen molar-refractivity contribution >= 4 is 11.7 Å². The summed E-state index contributed by atoms with van der Waals surface area (Å²) in [6, 6.07) is 7.45. The Kier molecular flexibility index (Phi) is 6.88. The highest BCUT2D eigenvalue weighted by Gasteiger charge is 2.34. The van der Waals surface area contributed by atoms with E-state index in [0.717, 1.165) is 5.56 Å². The molecule has 1 unspecified atom stereocenters. The average molecular weight is 443 g/mol. The van der Waals surface area contributed by atoms with Gasteiger partial charge in [-0.2, -0.15) is 5.10 Å². The molecular weight excluding hydrogens is 416 g/mol. The second-order valence-electron chi connectivity index (χ2n) is 8.50. The van der Waals surface area contributed by atoms with Gasteiger partial charge in [-0.3, -0.25) is 9.48 Å². The van der Waals surface area contributed by atoms with E-state index in [0.29, 0.717) is 18.5 Å². The molecule has 0 aliphatic rings. The van der Waals surface area contributed by atoms with Gasteiger partial charge in [0.2, 0.25) is 5.91 Å². The Balaban J connectivity index is 1.95. The summed E-state index contributed by atoms with van der Waals surface area (Å²) < 4.78 is 30.0. The van der Waals surface area contributed by atoms with Crippen molar-refractivity contribution in [3.05, 3.63) is 65.5 Å². The van der Waals surface area contributed by atoms with Crippen LogP contribution in [0.2, 0.25) is 0 Å². The number of nitrogens with one attached hydrogen (secondary N) is 1. The van der Waals surface area contributed by atoms with E-state index in [2.05, 4.69) is 15.4 Å². The quantitative estimate of drug-likeness (QED) is 0.470. The second-order valence-corrected chi connectivity index (χ2v) is 8.50. The van der Waals surface area contributed by atoms with E-state index in [9.17, 15) is 18.7 Å². The number of hydrogen-bond acceptors (Lipinski definition) is 5. The standard InChI is InChI=1S/C23H27F2N5O2/c1-23(2,11-19(26)31)21(32)17-10-18(25)20(15-12-28-30(3)13-15)29-22(17)27-8-7-14-5-4-6-16(24)9-14/h4-6,9-10,12-13,21,32H,7-8,11H2,1-3H3,(H2,26,31)(H,27,29). The smallest absolute Gasteiger partial charge is 0.218 e. The fourth-order valence-corrected chi connectivity index (χ4v) is 3.58. The van der Waals surface area contributed by atoms with Crippen molar-refractivity contribution in [2.75, 3.05) is 11.9 Å². The SMILES string of the molecule is Cn1cc(-c2nc(NCCc3cccc(F)c3)c(C(O)C(C)(C)CC(N)=O)cc2F)cn1. The number of nitrogens with zero attached hydrogens (tertiary/aromatic N) is 3. The molecule has 9 heteroatoms. The maximum Gasteiger partial charge on any atom is 0.218 e. The summed E-state index contributed by atoms with van der Waals surface area (Å²) in [4.78, 5) is 15.9. The van der Waals surface area contributed by atoms with Gasteiger partial charge in [0.1, 0.15) is 23.1 Å². The van der Waals surface area contributed by atoms with E-state index in [-0.39, 0.29) is 29.3 Å². The Bertz CT molecular complexity index is 1110. The molecular formula is C23H27F2N5O2. The van der Waals surface area contributed by atoms with Gasteiger partial charge in [0.05, 0.1) is 12.3 Å². The summed E-state index contributed by atoms with van der Waals surface area (Å²) in [5, 5.41) is 18.2. The normalized spacial score (nSPS) is 12.6. The first-order chi connectivity index (χ1) is 15.1. The van der Waals surface area contributed by atoms with Crippen LogP contribution in [0.3, 0.4) is 0 Å². The zero-order valence-electron chi connectivity index (χ0n) is 18.3. The number of nitrogens with two attached hydrogens (primary N) is 1. The Morgan fingerprint density at radius 1 is 1.31 bits per heavy atom. The summed E-state index contributed by atoms with van der Waals surface area (Å²) in [5.41, 5.74) is 5.93. The van der Waals surface area contributed by atoms with Crippen molar-refractivity contribution in [1.82, 2.24) is 14.8 Å². The lowest BCUT2D eigenvalue weighted by Gasteiger charge is -2.31. The van der Waals surface area contributed by atoms with Crippen molar-refractivity contribution in [2.45, 2.75) is 32.8 Å². The number of benzene rings is 1. The van der Waals surface area contributed by atoms with Gasteiger partial charge in [0, 0.05) is 42.8 Å². The number of carbonyl (C=O) groups is 1. The highest BCUT2D eigenvalue weighted by molar-refractivity contribution is 5.74. The minimum atomic E-state index is -1.21. The van der Waals surface area contributed by atoms with Gasteiger partial charge in [0.15, 0.2) is 0 Å². The van der Waals surface area contributed by atoms with E-state index in [1.54, 1.807) is 39.2 Å². The number of aliphatic hydroxyl groups is 1. The molecule has 0 aliphatic heterocycles. The van der Waals surface area contributed by atoms with Gasteiger partial charge in [-0.25, -0.2) is 13.8 Å². The molecule has 2 aromatic heterocycles. The topological polar surface area (TPSA) is 106 Å². The second kappa shape index (κ2) is 9.44. The molecule has 1 amide bonds. The number of aliphatic hydroxyl groups excluding tert-OH is 1. The van der Waals surface area contributed by atoms with E-state index in [4.69, 9.17) is 5.73 Å². The third kappa shape index (κ3) is 5.47. The van der Waals surface area contributed by atoms with Gasteiger partial charge in [-0.05, 0) is 30.2 Å². The number of halogens is 2. The monoisotopic (exact) mass is 443 g/mol. The molecule has 0 fully saturated rings. The summed E-state index contributed by atoms with van der Waals surface area (Å²) in [7, 11) is 1.71. The van der Waals surface area contributed by atoms with Crippen LogP contribution in [-0.4, -0.2) is 32.3 Å². The largest absolute Gasteiger partial charge is 0.388 e. The predicted octanol–water partition coefficient (Wildman–Crippen LogP) is 3.35. The maximum atomic E-state index is 15.0. The molecule has 4 N–H and O–H groups in total. The lowest BCUT2D eigenvalue weighted by molar-refractivity contribution is -0.121. The van der Waals surface area contributed by atoms with Crippen LogP contribution in [0.15, 0.2) is 42.7 Å². The van der Waals surface area contributed by atoms with Crippen LogP contribution in [0.1, 0.15) is 37.5 Å². The number of anilines is 1. The third-order valence-electron chi connectivity index (χ3n) is 5.24. The Morgan fingerprint density at radius 3 is 2.69 bits per heavy atom. The molecule has 0 aliphatic carbocycles. The molecule has 3 aromatic rings. The zero-order valence-corrected chi connectivity index (χ0v) is 18.3. The average Bonchev–Trinajstić information content (AvgIpc) is 3.13. The fourth-order valence-electron chi connectivity index (χ4n) is 3.58. The summed E-state index contributed by atoms with van der Waals surface area (Å²) >= 11 is 0. The van der Waals surface area contributed by atoms with Gasteiger partial charge < -0.3 is 16.2 Å². The highest BCUT2D eigenvalue weighted by Crippen LogP contribution is 2.40. The molecule has 1 atom stereocenters. The Labute approximate surface area is 185 Å². The first kappa shape index (κ1) is 23.3. The van der Waals surface area contributed by atoms with Gasteiger partial charge in [0.25, 0.3) is 0 Å². The van der Waals surface area contributed by atoms with Crippen LogP contribution < -0.4 is 11.1 Å². The molecule has 7 nitrogen and oxygen atoms in total. The van der Waals surface area contributed by atoms with Crippen molar-refractivity contribution < 1.29 is 18.7 Å². The Morgan fingerprint density at radius 2 is 2.06 bits per heavy atom. The van der Waals surface area contributed by atoms with Crippen LogP contribution in [-0.2, 0) is 18.3 Å². The van der Waals surface area contributed by atoms with Crippen molar-refractivity contribution in [3.8, 4) is 11.3 Å². The van der Waals surface area contributed by atoms with Gasteiger partial charge in [-0.15, -0.1) is 0 Å². The van der Waals surface area contributed by atoms with Crippen LogP contribution in [0, 0.1) is 17.0 Å². The van der Waals surface area contributed by atoms with E-state index in [1.165, 1.54) is 29.1 Å². The molecule has 0 spiro atoms. The molecule has 2 heterocycles. The van der Waals surface area contributed by atoms with Crippen LogP contribution in [0.25, 0.3) is 11.3 Å². The lowest BCUT2D eigenvalue weighted by Crippen LogP contribution is -2.29. The van der Waals surface area contributed by atoms with E-state index in [1.807, 2.05) is 0 Å². The summed E-state index contributed by atoms with van der Waals surface area (Å²) in [6.07, 6.45) is 2.31. The maximum absolute atomic E-state index is 15.0. The minimum Gasteiger partial charge on any atom is -0.388 e. The number of aryl methyl sites for hydroxylation is 1. The van der Waals surface area contributed by atoms with Crippen molar-refractivity contribution in [2.24, 2.45) is 18.2 Å². The van der Waals surface area contributed by atoms with Crippen molar-refractivity contribution in [3.63, 3.8) is 0 Å². The molecule has 0 radical (unpaired) electrons. The number of primary amides is 1. The number of pyridine rings is 1. The molecule has 3 rings (SSSR count). The summed E-state index contributed by atoms with van der Waals surface area (Å²) in [6.45, 7) is 3.71. The minimum absolute atomic E-state index is 0.0787. The predicted molar refractivity (Wildman–Crippen MR) is 118 cm³/mol. The van der Waals surface area contributed by atoms with Gasteiger partial charge >= 0.3 is 0 Å². The third-order valence-corrected chi connectivity index (χ3v) is 5.24. The number of aromatic nitrogens is 3. The van der Waals surface area contributed by atoms with Gasteiger partial charge in [-0.1, -0.05) is 26.0 Å². The lowest BCUT2D eigenvalue weighted by atomic mass is 9.79. The highest BCUT2D eigenvalue weighted by atomic mass is 19.1. The van der Waals surface area contributed by atoms with Crippen LogP contribution >= 0.6 is 0 Å². The molecule has 0 saturated carbocycles. The molecule has 32 heavy (non-hydrogen) atoms. The first-order valence-electron chi connectivity index (χ1n) is 10.2. The van der Waals surface area contributed by atoms with E-state index < -0.39 is 23.2 Å². The number of carbonyl (C=O) groups excluding carboxylic acids is 1. The zero-order chi connectivity index (χ0) is 23.5. The van der Waals surface area contributed by atoms with E-state index >= 15 is 0 Å². The first-order valence-corrected chi connectivity index (χ1v) is 10.2. The van der Waals surface area contributed by atoms with Crippen LogP contribution in [0.4, 0.5) is 14.6 Å². The molecule has 0 saturated heterocycles. The van der Waals surface area contributed by atoms with Crippen molar-refractivity contribution in [1.29, 1.82) is 0 Å². The molecule has 170 valence electrons. The number of amides is 1. The Hall–Kier alpha value is -3.33. The fraction of sp³-hybridized carbons (Fsp3) is 0.348. The number of rotatable bonds is 9. The van der Waals surface area contributed by atoms with Crippen LogP contribution in [0.5, 0.6) is 0 Å². The summed E-state index contributed by atoms with van der Waals surface area (Å²) in [5.74, 6) is -1.26. The number of hydrogen-bond donors (Lipinski definition) is 3. The molecule has 1 aromatic carbocycles. The molecule has 0 bridgehead atoms.